The van der Waals surface area contributed by atoms with Crippen LogP contribution in [0.15, 0.2) is 58.1 Å². The van der Waals surface area contributed by atoms with E-state index in [-0.39, 0.29) is 31.2 Å². The summed E-state index contributed by atoms with van der Waals surface area (Å²) in [5.41, 5.74) is 7.79. The van der Waals surface area contributed by atoms with Crippen molar-refractivity contribution in [3.8, 4) is 5.75 Å². The van der Waals surface area contributed by atoms with Gasteiger partial charge in [0.1, 0.15) is 11.6 Å². The molecule has 162 valence electrons. The first kappa shape index (κ1) is 21.9. The first-order valence-electron chi connectivity index (χ1n) is 9.98. The fourth-order valence-electron chi connectivity index (χ4n) is 3.25. The van der Waals surface area contributed by atoms with E-state index in [0.29, 0.717) is 5.75 Å². The first-order chi connectivity index (χ1) is 14.8. The molecular formula is C23H26N4O4. The Balaban J connectivity index is 1.88. The Morgan fingerprint density at radius 1 is 1.10 bits per heavy atom. The van der Waals surface area contributed by atoms with E-state index in [9.17, 15) is 14.4 Å². The average Bonchev–Trinajstić information content (AvgIpc) is 2.75. The summed E-state index contributed by atoms with van der Waals surface area (Å²) in [5, 5.41) is 0. The molecule has 0 spiro atoms. The van der Waals surface area contributed by atoms with Crippen molar-refractivity contribution < 1.29 is 9.53 Å². The SMILES string of the molecule is CCN(C(=O)COc1ccc(C)c(C)c1)c1c(N)n(Cc2ccccc2)c(=O)[nH]c1=O. The molecule has 0 radical (unpaired) electrons. The molecule has 0 saturated heterocycles. The quantitative estimate of drug-likeness (QED) is 0.607. The van der Waals surface area contributed by atoms with Crippen molar-refractivity contribution in [2.24, 2.45) is 0 Å². The minimum atomic E-state index is -0.715. The van der Waals surface area contributed by atoms with Crippen LogP contribution in [0.4, 0.5) is 11.5 Å². The molecule has 0 aliphatic carbocycles. The third kappa shape index (κ3) is 4.85. The number of nitrogens with one attached hydrogen (secondary N) is 1. The summed E-state index contributed by atoms with van der Waals surface area (Å²) in [6.07, 6.45) is 0. The summed E-state index contributed by atoms with van der Waals surface area (Å²) in [6, 6.07) is 14.8. The number of nitrogens with zero attached hydrogens (tertiary/aromatic N) is 2. The van der Waals surface area contributed by atoms with Gasteiger partial charge in [0.25, 0.3) is 11.5 Å². The highest BCUT2D eigenvalue weighted by Gasteiger charge is 2.23. The van der Waals surface area contributed by atoms with Crippen LogP contribution in [0.2, 0.25) is 0 Å². The van der Waals surface area contributed by atoms with Crippen molar-refractivity contribution in [2.75, 3.05) is 23.8 Å². The zero-order valence-electron chi connectivity index (χ0n) is 17.8. The molecule has 1 amide bonds. The lowest BCUT2D eigenvalue weighted by Crippen LogP contribution is -2.42. The van der Waals surface area contributed by atoms with Crippen LogP contribution in [0.5, 0.6) is 5.75 Å². The van der Waals surface area contributed by atoms with Gasteiger partial charge in [0.2, 0.25) is 0 Å². The lowest BCUT2D eigenvalue weighted by molar-refractivity contribution is -0.120. The van der Waals surface area contributed by atoms with E-state index in [4.69, 9.17) is 10.5 Å². The van der Waals surface area contributed by atoms with Gasteiger partial charge in [0.05, 0.1) is 6.54 Å². The molecule has 0 saturated carbocycles. The zero-order valence-corrected chi connectivity index (χ0v) is 17.8. The number of likely N-dealkylation sites (N-methyl/N-ethyl adjacent to an activating group) is 1. The van der Waals surface area contributed by atoms with Gasteiger partial charge in [0.15, 0.2) is 12.3 Å². The Labute approximate surface area is 179 Å². The monoisotopic (exact) mass is 422 g/mol. The number of aryl methyl sites for hydroxylation is 2. The molecule has 0 fully saturated rings. The maximum absolute atomic E-state index is 12.9. The number of H-pyrrole nitrogens is 1. The molecule has 1 heterocycles. The molecule has 3 aromatic rings. The number of carbonyl (C=O) groups excluding carboxylic acids is 1. The highest BCUT2D eigenvalue weighted by atomic mass is 16.5. The van der Waals surface area contributed by atoms with E-state index >= 15 is 0 Å². The number of rotatable bonds is 7. The van der Waals surface area contributed by atoms with E-state index < -0.39 is 17.2 Å². The smallest absolute Gasteiger partial charge is 0.330 e. The minimum Gasteiger partial charge on any atom is -0.484 e. The largest absolute Gasteiger partial charge is 0.484 e. The van der Waals surface area contributed by atoms with Crippen molar-refractivity contribution in [2.45, 2.75) is 27.3 Å². The van der Waals surface area contributed by atoms with Gasteiger partial charge in [-0.1, -0.05) is 36.4 Å². The number of benzene rings is 2. The van der Waals surface area contributed by atoms with E-state index in [1.54, 1.807) is 13.0 Å². The van der Waals surface area contributed by atoms with Gasteiger partial charge in [-0.05, 0) is 49.6 Å². The summed E-state index contributed by atoms with van der Waals surface area (Å²) in [4.78, 5) is 41.3. The number of anilines is 2. The Kier molecular flexibility index (Phi) is 6.59. The molecule has 3 rings (SSSR count). The van der Waals surface area contributed by atoms with Gasteiger partial charge >= 0.3 is 5.69 Å². The van der Waals surface area contributed by atoms with Gasteiger partial charge in [-0.25, -0.2) is 4.79 Å². The number of aromatic amines is 1. The lowest BCUT2D eigenvalue weighted by atomic mass is 10.1. The molecule has 0 bridgehead atoms. The third-order valence-corrected chi connectivity index (χ3v) is 5.13. The highest BCUT2D eigenvalue weighted by molar-refractivity contribution is 5.96. The number of nitrogen functional groups attached to an aromatic ring is 1. The number of hydrogen-bond acceptors (Lipinski definition) is 5. The molecule has 2 aromatic carbocycles. The number of ether oxygens (including phenoxy) is 1. The molecule has 0 aliphatic rings. The molecular weight excluding hydrogens is 396 g/mol. The first-order valence-corrected chi connectivity index (χ1v) is 9.98. The summed E-state index contributed by atoms with van der Waals surface area (Å²) in [5.74, 6) is 0.0465. The maximum Gasteiger partial charge on any atom is 0.330 e. The fraction of sp³-hybridized carbons (Fsp3) is 0.261. The molecule has 8 heteroatoms. The van der Waals surface area contributed by atoms with Crippen LogP contribution in [0, 0.1) is 13.8 Å². The Bertz CT molecular complexity index is 1200. The van der Waals surface area contributed by atoms with Crippen molar-refractivity contribution in [1.29, 1.82) is 0 Å². The summed E-state index contributed by atoms with van der Waals surface area (Å²) in [6.45, 7) is 5.75. The number of carbonyl (C=O) groups is 1. The number of nitrogens with two attached hydrogens (primary N) is 1. The second-order valence-corrected chi connectivity index (χ2v) is 7.24. The molecule has 3 N–H and O–H groups in total. The van der Waals surface area contributed by atoms with E-state index in [1.807, 2.05) is 56.3 Å². The van der Waals surface area contributed by atoms with Crippen molar-refractivity contribution in [3.63, 3.8) is 0 Å². The molecule has 0 aliphatic heterocycles. The summed E-state index contributed by atoms with van der Waals surface area (Å²) in [7, 11) is 0. The number of amides is 1. The van der Waals surface area contributed by atoms with Gasteiger partial charge in [-0.2, -0.15) is 0 Å². The lowest BCUT2D eigenvalue weighted by Gasteiger charge is -2.23. The van der Waals surface area contributed by atoms with Gasteiger partial charge in [0, 0.05) is 6.54 Å². The van der Waals surface area contributed by atoms with E-state index in [2.05, 4.69) is 4.98 Å². The van der Waals surface area contributed by atoms with Gasteiger partial charge in [-0.15, -0.1) is 0 Å². The van der Waals surface area contributed by atoms with Crippen LogP contribution in [0.25, 0.3) is 0 Å². The minimum absolute atomic E-state index is 0.0632. The van der Waals surface area contributed by atoms with E-state index in [0.717, 1.165) is 16.7 Å². The normalized spacial score (nSPS) is 10.7. The second-order valence-electron chi connectivity index (χ2n) is 7.24. The predicted octanol–water partition coefficient (Wildman–Crippen LogP) is 2.22. The Morgan fingerprint density at radius 3 is 2.45 bits per heavy atom. The molecule has 31 heavy (non-hydrogen) atoms. The Morgan fingerprint density at radius 2 is 1.81 bits per heavy atom. The summed E-state index contributed by atoms with van der Waals surface area (Å²) >= 11 is 0. The third-order valence-electron chi connectivity index (χ3n) is 5.13. The van der Waals surface area contributed by atoms with Crippen LogP contribution in [0.3, 0.4) is 0 Å². The molecule has 8 nitrogen and oxygen atoms in total. The average molecular weight is 422 g/mol. The molecule has 0 unspecified atom stereocenters. The summed E-state index contributed by atoms with van der Waals surface area (Å²) < 4.78 is 6.87. The van der Waals surface area contributed by atoms with Crippen molar-refractivity contribution >= 4 is 17.4 Å². The van der Waals surface area contributed by atoms with Crippen LogP contribution < -0.4 is 26.6 Å². The highest BCUT2D eigenvalue weighted by Crippen LogP contribution is 2.19. The zero-order chi connectivity index (χ0) is 22.5. The van der Waals surface area contributed by atoms with Crippen molar-refractivity contribution in [3.05, 3.63) is 86.1 Å². The number of hydrogen-bond donors (Lipinski definition) is 2. The van der Waals surface area contributed by atoms with Gasteiger partial charge < -0.3 is 15.4 Å². The predicted molar refractivity (Wildman–Crippen MR) is 121 cm³/mol. The standard InChI is InChI=1S/C23H26N4O4/c1-4-26(19(28)14-31-18-11-10-15(2)16(3)12-18)20-21(24)27(23(30)25-22(20)29)13-17-8-6-5-7-9-17/h5-12H,4,13-14,24H2,1-3H3,(H,25,29,30). The Hall–Kier alpha value is -3.81. The topological polar surface area (TPSA) is 110 Å². The van der Waals surface area contributed by atoms with Crippen LogP contribution in [-0.4, -0.2) is 28.6 Å². The van der Waals surface area contributed by atoms with Crippen molar-refractivity contribution in [1.82, 2.24) is 9.55 Å². The van der Waals surface area contributed by atoms with E-state index in [1.165, 1.54) is 9.47 Å². The van der Waals surface area contributed by atoms with Crippen LogP contribution in [-0.2, 0) is 11.3 Å². The number of aromatic nitrogens is 2. The maximum atomic E-state index is 12.9. The molecule has 0 atom stereocenters. The molecule has 1 aromatic heterocycles. The second kappa shape index (κ2) is 9.34. The van der Waals surface area contributed by atoms with Gasteiger partial charge in [-0.3, -0.25) is 19.1 Å². The van der Waals surface area contributed by atoms with Crippen LogP contribution in [0.1, 0.15) is 23.6 Å². The fourth-order valence-corrected chi connectivity index (χ4v) is 3.25. The van der Waals surface area contributed by atoms with Crippen LogP contribution >= 0.6 is 0 Å².